The molecule has 0 saturated heterocycles. The van der Waals surface area contributed by atoms with Gasteiger partial charge in [-0.2, -0.15) is 0 Å². The highest BCUT2D eigenvalue weighted by molar-refractivity contribution is 6.32. The number of nitro benzene ring substituents is 1. The first-order chi connectivity index (χ1) is 8.41. The molecular formula is C12H14ClNO4. The monoisotopic (exact) mass is 271 g/mol. The predicted octanol–water partition coefficient (Wildman–Crippen LogP) is 3.45. The van der Waals surface area contributed by atoms with Crippen LogP contribution in [-0.4, -0.2) is 17.5 Å². The van der Waals surface area contributed by atoms with E-state index in [2.05, 4.69) is 0 Å². The Labute approximate surface area is 110 Å². The third-order valence-corrected chi connectivity index (χ3v) is 2.63. The number of benzene rings is 1. The normalized spacial score (nSPS) is 10.4. The zero-order chi connectivity index (χ0) is 13.7. The zero-order valence-corrected chi connectivity index (χ0v) is 10.9. The molecule has 1 aromatic carbocycles. The van der Waals surface area contributed by atoms with Gasteiger partial charge in [0.25, 0.3) is 5.69 Å². The van der Waals surface area contributed by atoms with Crippen molar-refractivity contribution < 1.29 is 14.5 Å². The second kappa shape index (κ2) is 6.35. The van der Waals surface area contributed by atoms with E-state index >= 15 is 0 Å². The van der Waals surface area contributed by atoms with E-state index in [-0.39, 0.29) is 16.3 Å². The third-order valence-electron chi connectivity index (χ3n) is 2.31. The molecule has 5 nitrogen and oxygen atoms in total. The quantitative estimate of drug-likeness (QED) is 0.467. The predicted molar refractivity (Wildman–Crippen MR) is 67.8 cm³/mol. The number of nitro groups is 1. The fourth-order valence-corrected chi connectivity index (χ4v) is 1.44. The number of halogens is 1. The minimum atomic E-state index is -0.632. The van der Waals surface area contributed by atoms with Crippen molar-refractivity contribution in [2.45, 2.75) is 20.3 Å². The molecule has 0 unspecified atom stereocenters. The van der Waals surface area contributed by atoms with Crippen LogP contribution < -0.4 is 0 Å². The van der Waals surface area contributed by atoms with E-state index in [1.54, 1.807) is 0 Å². The number of rotatable bonds is 5. The highest BCUT2D eigenvalue weighted by Crippen LogP contribution is 2.25. The van der Waals surface area contributed by atoms with Crippen molar-refractivity contribution in [3.63, 3.8) is 0 Å². The molecule has 0 N–H and O–H groups in total. The van der Waals surface area contributed by atoms with E-state index in [1.165, 1.54) is 12.1 Å². The lowest BCUT2D eigenvalue weighted by Gasteiger charge is -2.06. The van der Waals surface area contributed by atoms with Crippen LogP contribution in [0.5, 0.6) is 0 Å². The number of carbonyl (C=O) groups excluding carboxylic acids is 1. The van der Waals surface area contributed by atoms with Crippen molar-refractivity contribution in [1.29, 1.82) is 0 Å². The van der Waals surface area contributed by atoms with E-state index in [9.17, 15) is 14.9 Å². The van der Waals surface area contributed by atoms with E-state index < -0.39 is 10.9 Å². The molecule has 6 heteroatoms. The van der Waals surface area contributed by atoms with Gasteiger partial charge in [-0.05, 0) is 24.5 Å². The molecule has 0 spiro atoms. The summed E-state index contributed by atoms with van der Waals surface area (Å²) < 4.78 is 5.01. The molecule has 0 heterocycles. The van der Waals surface area contributed by atoms with Gasteiger partial charge in [-0.1, -0.05) is 25.4 Å². The summed E-state index contributed by atoms with van der Waals surface area (Å²) in [4.78, 5) is 21.7. The summed E-state index contributed by atoms with van der Waals surface area (Å²) in [6.07, 6.45) is 0.751. The zero-order valence-electron chi connectivity index (χ0n) is 10.2. The summed E-state index contributed by atoms with van der Waals surface area (Å²) in [6.45, 7) is 4.33. The summed E-state index contributed by atoms with van der Waals surface area (Å²) in [6, 6.07) is 3.85. The second-order valence-corrected chi connectivity index (χ2v) is 4.65. The minimum absolute atomic E-state index is 0.00118. The number of esters is 1. The number of carbonyl (C=O) groups is 1. The Morgan fingerprint density at radius 2 is 2.17 bits per heavy atom. The van der Waals surface area contributed by atoms with E-state index in [1.807, 2.05) is 13.8 Å². The maximum absolute atomic E-state index is 11.6. The van der Waals surface area contributed by atoms with Crippen LogP contribution in [0.25, 0.3) is 0 Å². The van der Waals surface area contributed by atoms with Crippen LogP contribution in [0, 0.1) is 16.0 Å². The average molecular weight is 272 g/mol. The standard InChI is InChI=1S/C12H14ClNO4/c1-8(2)5-6-18-12(15)9-3-4-10(13)11(7-9)14(16)17/h3-4,7-8H,5-6H2,1-2H3. The second-order valence-electron chi connectivity index (χ2n) is 4.24. The number of nitrogens with zero attached hydrogens (tertiary/aromatic N) is 1. The molecule has 0 aliphatic carbocycles. The Hall–Kier alpha value is -1.62. The summed E-state index contributed by atoms with van der Waals surface area (Å²) in [5, 5.41) is 10.7. The Balaban J connectivity index is 2.74. The van der Waals surface area contributed by atoms with Gasteiger partial charge in [-0.15, -0.1) is 0 Å². The minimum Gasteiger partial charge on any atom is -0.462 e. The average Bonchev–Trinajstić information content (AvgIpc) is 2.28. The van der Waals surface area contributed by atoms with Crippen LogP contribution in [0.1, 0.15) is 30.6 Å². The molecule has 0 radical (unpaired) electrons. The van der Waals surface area contributed by atoms with Crippen molar-refractivity contribution >= 4 is 23.3 Å². The first-order valence-corrected chi connectivity index (χ1v) is 5.90. The lowest BCUT2D eigenvalue weighted by atomic mass is 10.1. The summed E-state index contributed by atoms with van der Waals surface area (Å²) in [7, 11) is 0. The lowest BCUT2D eigenvalue weighted by molar-refractivity contribution is -0.384. The van der Waals surface area contributed by atoms with Crippen molar-refractivity contribution in [1.82, 2.24) is 0 Å². The molecule has 0 aliphatic heterocycles. The van der Waals surface area contributed by atoms with Crippen LogP contribution in [0.4, 0.5) is 5.69 Å². The van der Waals surface area contributed by atoms with Crippen LogP contribution in [-0.2, 0) is 4.74 Å². The Kier molecular flexibility index (Phi) is 5.09. The first kappa shape index (κ1) is 14.4. The van der Waals surface area contributed by atoms with Gasteiger partial charge in [0.2, 0.25) is 0 Å². The van der Waals surface area contributed by atoms with E-state index in [0.717, 1.165) is 12.5 Å². The van der Waals surface area contributed by atoms with Gasteiger partial charge in [0.05, 0.1) is 17.1 Å². The summed E-state index contributed by atoms with van der Waals surface area (Å²) >= 11 is 5.65. The van der Waals surface area contributed by atoms with Gasteiger partial charge >= 0.3 is 5.97 Å². The molecule has 0 bridgehead atoms. The fourth-order valence-electron chi connectivity index (χ4n) is 1.25. The smallest absolute Gasteiger partial charge is 0.338 e. The Morgan fingerprint density at radius 3 is 2.72 bits per heavy atom. The first-order valence-electron chi connectivity index (χ1n) is 5.53. The maximum Gasteiger partial charge on any atom is 0.338 e. The van der Waals surface area contributed by atoms with E-state index in [0.29, 0.717) is 12.5 Å². The lowest BCUT2D eigenvalue weighted by Crippen LogP contribution is -2.08. The molecule has 0 fully saturated rings. The summed E-state index contributed by atoms with van der Waals surface area (Å²) in [5.41, 5.74) is -0.162. The molecule has 1 aromatic rings. The maximum atomic E-state index is 11.6. The van der Waals surface area contributed by atoms with Crippen molar-refractivity contribution in [3.05, 3.63) is 38.9 Å². The molecular weight excluding hydrogens is 258 g/mol. The van der Waals surface area contributed by atoms with Gasteiger partial charge in [0.15, 0.2) is 0 Å². The summed E-state index contributed by atoms with van der Waals surface area (Å²) in [5.74, 6) is -0.146. The molecule has 18 heavy (non-hydrogen) atoms. The molecule has 0 saturated carbocycles. The van der Waals surface area contributed by atoms with Crippen molar-refractivity contribution in [2.24, 2.45) is 5.92 Å². The molecule has 0 aromatic heterocycles. The molecule has 1 rings (SSSR count). The Bertz CT molecular complexity index is 459. The van der Waals surface area contributed by atoms with Crippen molar-refractivity contribution in [3.8, 4) is 0 Å². The SMILES string of the molecule is CC(C)CCOC(=O)c1ccc(Cl)c([N+](=O)[O-])c1. The number of ether oxygens (including phenoxy) is 1. The van der Waals surface area contributed by atoms with Gasteiger partial charge in [0.1, 0.15) is 5.02 Å². The van der Waals surface area contributed by atoms with Crippen molar-refractivity contribution in [2.75, 3.05) is 6.61 Å². The van der Waals surface area contributed by atoms with Gasteiger partial charge < -0.3 is 4.74 Å². The number of hydrogen-bond acceptors (Lipinski definition) is 4. The van der Waals surface area contributed by atoms with Gasteiger partial charge in [-0.3, -0.25) is 10.1 Å². The van der Waals surface area contributed by atoms with Gasteiger partial charge in [0, 0.05) is 6.07 Å². The highest BCUT2D eigenvalue weighted by Gasteiger charge is 2.17. The van der Waals surface area contributed by atoms with Crippen LogP contribution >= 0.6 is 11.6 Å². The number of hydrogen-bond donors (Lipinski definition) is 0. The third kappa shape index (κ3) is 4.00. The Morgan fingerprint density at radius 1 is 1.50 bits per heavy atom. The largest absolute Gasteiger partial charge is 0.462 e. The fraction of sp³-hybridized carbons (Fsp3) is 0.417. The van der Waals surface area contributed by atoms with E-state index in [4.69, 9.17) is 16.3 Å². The van der Waals surface area contributed by atoms with Crippen LogP contribution in [0.3, 0.4) is 0 Å². The molecule has 0 amide bonds. The molecule has 0 atom stereocenters. The molecule has 98 valence electrons. The van der Waals surface area contributed by atoms with Crippen LogP contribution in [0.2, 0.25) is 5.02 Å². The highest BCUT2D eigenvalue weighted by atomic mass is 35.5. The topological polar surface area (TPSA) is 69.4 Å². The van der Waals surface area contributed by atoms with Gasteiger partial charge in [-0.25, -0.2) is 4.79 Å². The van der Waals surface area contributed by atoms with Crippen LogP contribution in [0.15, 0.2) is 18.2 Å². The molecule has 0 aliphatic rings.